The maximum absolute atomic E-state index is 11.8. The van der Waals surface area contributed by atoms with Gasteiger partial charge < -0.3 is 19.7 Å². The molecule has 10 nitrogen and oxygen atoms in total. The van der Waals surface area contributed by atoms with Crippen molar-refractivity contribution in [2.75, 3.05) is 29.9 Å². The van der Waals surface area contributed by atoms with E-state index >= 15 is 0 Å². The fourth-order valence-electron chi connectivity index (χ4n) is 4.13. The zero-order valence-corrected chi connectivity index (χ0v) is 18.8. The lowest BCUT2D eigenvalue weighted by Gasteiger charge is -2.26. The smallest absolute Gasteiger partial charge is 0.256 e. The largest absolute Gasteiger partial charge is 0.464 e. The predicted octanol–water partition coefficient (Wildman–Crippen LogP) is 3.65. The summed E-state index contributed by atoms with van der Waals surface area (Å²) in [7, 11) is 0. The zero-order valence-electron chi connectivity index (χ0n) is 18.8. The molecule has 176 valence electrons. The molecular formula is C24H27N7O3. The second-order valence-corrected chi connectivity index (χ2v) is 8.09. The Morgan fingerprint density at radius 1 is 1.26 bits per heavy atom. The van der Waals surface area contributed by atoms with Crippen LogP contribution in [0.2, 0.25) is 0 Å². The van der Waals surface area contributed by atoms with Crippen LogP contribution < -0.4 is 10.2 Å². The van der Waals surface area contributed by atoms with Crippen LogP contribution in [0.25, 0.3) is 11.4 Å². The van der Waals surface area contributed by atoms with Gasteiger partial charge in [-0.05, 0) is 43.9 Å². The fourth-order valence-corrected chi connectivity index (χ4v) is 4.13. The highest BCUT2D eigenvalue weighted by molar-refractivity contribution is 5.78. The molecule has 10 heteroatoms. The van der Waals surface area contributed by atoms with Gasteiger partial charge in [-0.3, -0.25) is 9.89 Å². The van der Waals surface area contributed by atoms with Gasteiger partial charge in [-0.15, -0.1) is 5.10 Å². The van der Waals surface area contributed by atoms with Gasteiger partial charge in [0.25, 0.3) is 5.95 Å². The van der Waals surface area contributed by atoms with Crippen molar-refractivity contribution < 1.29 is 14.3 Å². The number of nitrogens with one attached hydrogen (secondary N) is 2. The summed E-state index contributed by atoms with van der Waals surface area (Å²) in [6.45, 7) is 2.31. The van der Waals surface area contributed by atoms with Crippen molar-refractivity contribution in [2.24, 2.45) is 0 Å². The summed E-state index contributed by atoms with van der Waals surface area (Å²) in [5.74, 6) is 2.48. The minimum Gasteiger partial charge on any atom is -0.464 e. The molecule has 0 spiro atoms. The second-order valence-electron chi connectivity index (χ2n) is 8.09. The molecule has 1 fully saturated rings. The third-order valence-electron chi connectivity index (χ3n) is 5.80. The molecule has 2 aromatic heterocycles. The number of carbonyl (C=O) groups excluding carboxylic acids is 1. The molecule has 0 radical (unpaired) electrons. The van der Waals surface area contributed by atoms with Gasteiger partial charge in [0.05, 0.1) is 5.56 Å². The summed E-state index contributed by atoms with van der Waals surface area (Å²) in [6, 6.07) is 3.81. The van der Waals surface area contributed by atoms with Crippen LogP contribution in [0.4, 0.5) is 11.8 Å². The van der Waals surface area contributed by atoms with Crippen molar-refractivity contribution in [3.8, 4) is 11.4 Å². The Hall–Kier alpha value is -4.08. The highest BCUT2D eigenvalue weighted by Gasteiger charge is 2.25. The maximum atomic E-state index is 11.8. The van der Waals surface area contributed by atoms with Crippen molar-refractivity contribution in [1.82, 2.24) is 25.1 Å². The number of H-pyrrole nitrogens is 1. The number of carbonyl (C=O) groups is 1. The summed E-state index contributed by atoms with van der Waals surface area (Å²) in [6.07, 6.45) is 16.6. The van der Waals surface area contributed by atoms with E-state index in [1.165, 1.54) is 18.8 Å². The maximum Gasteiger partial charge on any atom is 0.256 e. The van der Waals surface area contributed by atoms with E-state index < -0.39 is 0 Å². The summed E-state index contributed by atoms with van der Waals surface area (Å²) in [4.78, 5) is 24.8. The average molecular weight is 462 g/mol. The number of aromatic amines is 1. The van der Waals surface area contributed by atoms with Gasteiger partial charge in [-0.25, -0.2) is 9.88 Å². The molecule has 0 bridgehead atoms. The SMILES string of the molecule is O=C1CCCN1CCCNc1ncccc1-c1nc(N(C2=CC=CCC2)C2=COC=CO2)n[nH]1. The van der Waals surface area contributed by atoms with Crippen LogP contribution in [0.1, 0.15) is 32.1 Å². The number of ether oxygens (including phenoxy) is 2. The Balaban J connectivity index is 1.32. The average Bonchev–Trinajstić information content (AvgIpc) is 3.53. The van der Waals surface area contributed by atoms with Crippen LogP contribution in [-0.2, 0) is 14.3 Å². The Morgan fingerprint density at radius 2 is 2.24 bits per heavy atom. The normalized spacial score (nSPS) is 17.2. The number of anilines is 2. The summed E-state index contributed by atoms with van der Waals surface area (Å²) < 4.78 is 11.0. The van der Waals surface area contributed by atoms with E-state index in [-0.39, 0.29) is 5.91 Å². The number of allylic oxidation sites excluding steroid dienone is 4. The molecule has 2 N–H and O–H groups in total. The highest BCUT2D eigenvalue weighted by Crippen LogP contribution is 2.30. The molecule has 5 rings (SSSR count). The molecule has 3 aliphatic rings. The van der Waals surface area contributed by atoms with Gasteiger partial charge >= 0.3 is 0 Å². The molecule has 0 atom stereocenters. The molecule has 2 aliphatic heterocycles. The van der Waals surface area contributed by atoms with Crippen LogP contribution in [0.15, 0.2) is 66.9 Å². The van der Waals surface area contributed by atoms with Crippen molar-refractivity contribution in [3.05, 3.63) is 66.9 Å². The minimum absolute atomic E-state index is 0.249. The minimum atomic E-state index is 0.249. The predicted molar refractivity (Wildman–Crippen MR) is 127 cm³/mol. The van der Waals surface area contributed by atoms with Crippen molar-refractivity contribution in [2.45, 2.75) is 32.1 Å². The van der Waals surface area contributed by atoms with Gasteiger partial charge in [0, 0.05) is 37.9 Å². The van der Waals surface area contributed by atoms with Crippen LogP contribution in [0.5, 0.6) is 0 Å². The Labute approximate surface area is 197 Å². The van der Waals surface area contributed by atoms with Crippen LogP contribution in [0, 0.1) is 0 Å². The fraction of sp³-hybridized carbons (Fsp3) is 0.333. The second kappa shape index (κ2) is 10.2. The lowest BCUT2D eigenvalue weighted by Crippen LogP contribution is -2.27. The number of aromatic nitrogens is 4. The molecule has 4 heterocycles. The number of hydrogen-bond acceptors (Lipinski definition) is 8. The van der Waals surface area contributed by atoms with E-state index in [2.05, 4.69) is 26.6 Å². The van der Waals surface area contributed by atoms with Crippen molar-refractivity contribution >= 4 is 17.7 Å². The molecule has 0 aromatic carbocycles. The summed E-state index contributed by atoms with van der Waals surface area (Å²) >= 11 is 0. The Bertz CT molecular complexity index is 1150. The van der Waals surface area contributed by atoms with Crippen LogP contribution >= 0.6 is 0 Å². The van der Waals surface area contributed by atoms with Crippen molar-refractivity contribution in [3.63, 3.8) is 0 Å². The Morgan fingerprint density at radius 3 is 3.03 bits per heavy atom. The number of nitrogens with zero attached hydrogens (tertiary/aromatic N) is 5. The topological polar surface area (TPSA) is 108 Å². The number of pyridine rings is 1. The quantitative estimate of drug-likeness (QED) is 0.545. The molecule has 1 saturated heterocycles. The number of likely N-dealkylation sites (tertiary alicyclic amines) is 1. The van der Waals surface area contributed by atoms with Crippen LogP contribution in [-0.4, -0.2) is 50.6 Å². The molecule has 0 unspecified atom stereocenters. The van der Waals surface area contributed by atoms with E-state index in [9.17, 15) is 4.79 Å². The van der Waals surface area contributed by atoms with Gasteiger partial charge in [0.2, 0.25) is 11.8 Å². The van der Waals surface area contributed by atoms with Crippen molar-refractivity contribution in [1.29, 1.82) is 0 Å². The first kappa shape index (κ1) is 21.7. The zero-order chi connectivity index (χ0) is 23.2. The first-order valence-corrected chi connectivity index (χ1v) is 11.5. The number of rotatable bonds is 9. The molecule has 1 amide bonds. The van der Waals surface area contributed by atoms with Gasteiger partial charge in [0.15, 0.2) is 12.1 Å². The molecule has 34 heavy (non-hydrogen) atoms. The van der Waals surface area contributed by atoms with Gasteiger partial charge in [-0.1, -0.05) is 12.2 Å². The summed E-state index contributed by atoms with van der Waals surface area (Å²) in [5, 5.41) is 10.9. The van der Waals surface area contributed by atoms with Crippen LogP contribution in [0.3, 0.4) is 0 Å². The van der Waals surface area contributed by atoms with E-state index in [0.717, 1.165) is 50.0 Å². The third-order valence-corrected chi connectivity index (χ3v) is 5.80. The molecule has 1 aliphatic carbocycles. The lowest BCUT2D eigenvalue weighted by molar-refractivity contribution is -0.127. The Kier molecular flexibility index (Phi) is 6.55. The molecular weight excluding hydrogens is 434 g/mol. The standard InChI is InChI=1S/C24H27N7O3/c32-20-10-5-13-30(20)14-6-12-26-22-19(9-4-11-25-22)23-27-24(29-28-23)31(18-7-2-1-3-8-18)21-17-33-15-16-34-21/h1-2,4,7,9,11,15-17H,3,5-6,8,10,12-14H2,(H,25,26)(H,27,28,29). The lowest BCUT2D eigenvalue weighted by atomic mass is 10.1. The molecule has 2 aromatic rings. The van der Waals surface area contributed by atoms with E-state index in [1.807, 2.05) is 34.1 Å². The van der Waals surface area contributed by atoms with E-state index in [0.29, 0.717) is 36.4 Å². The van der Waals surface area contributed by atoms with Gasteiger partial charge in [-0.2, -0.15) is 4.98 Å². The van der Waals surface area contributed by atoms with Gasteiger partial charge in [0.1, 0.15) is 18.3 Å². The summed E-state index contributed by atoms with van der Waals surface area (Å²) in [5.41, 5.74) is 1.81. The first-order valence-electron chi connectivity index (χ1n) is 11.5. The number of hydrogen-bond donors (Lipinski definition) is 2. The van der Waals surface area contributed by atoms with E-state index in [1.54, 1.807) is 6.20 Å². The number of amides is 1. The monoisotopic (exact) mass is 461 g/mol. The van der Waals surface area contributed by atoms with E-state index in [4.69, 9.17) is 14.5 Å². The molecule has 0 saturated carbocycles. The third kappa shape index (κ3) is 4.80. The highest BCUT2D eigenvalue weighted by atomic mass is 16.5. The first-order chi connectivity index (χ1) is 16.8.